The average Bonchev–Trinajstić information content (AvgIpc) is 3.30. The largest absolute Gasteiger partial charge is 0.336 e. The van der Waals surface area contributed by atoms with Crippen molar-refractivity contribution in [2.24, 2.45) is 5.92 Å². The summed E-state index contributed by atoms with van der Waals surface area (Å²) in [5.41, 5.74) is 2.59. The van der Waals surface area contributed by atoms with Gasteiger partial charge in [0.05, 0.1) is 36.6 Å². The summed E-state index contributed by atoms with van der Waals surface area (Å²) in [5.74, 6) is -0.546. The van der Waals surface area contributed by atoms with Crippen LogP contribution < -0.4 is 5.32 Å². The number of likely N-dealkylation sites (tertiary alicyclic amines) is 1. The van der Waals surface area contributed by atoms with E-state index in [9.17, 15) is 9.59 Å². The van der Waals surface area contributed by atoms with Gasteiger partial charge in [-0.05, 0) is 17.7 Å². The van der Waals surface area contributed by atoms with E-state index >= 15 is 0 Å². The Morgan fingerprint density at radius 3 is 2.71 bits per heavy atom. The first-order valence-electron chi connectivity index (χ1n) is 9.22. The monoisotopic (exact) mass is 375 g/mol. The van der Waals surface area contributed by atoms with Crippen LogP contribution in [0.5, 0.6) is 0 Å². The fraction of sp³-hybridized carbons (Fsp3) is 0.238. The Hall–Kier alpha value is -3.48. The van der Waals surface area contributed by atoms with Crippen LogP contribution in [0.4, 0.5) is 5.69 Å². The molecule has 2 amide bonds. The highest BCUT2D eigenvalue weighted by Gasteiger charge is 2.34. The van der Waals surface area contributed by atoms with Gasteiger partial charge in [-0.1, -0.05) is 36.4 Å². The molecule has 2 aromatic heterocycles. The van der Waals surface area contributed by atoms with Gasteiger partial charge >= 0.3 is 0 Å². The van der Waals surface area contributed by atoms with E-state index in [1.807, 2.05) is 48.5 Å². The Bertz CT molecular complexity index is 955. The summed E-state index contributed by atoms with van der Waals surface area (Å²) in [6.45, 7) is 1.47. The second-order valence-electron chi connectivity index (χ2n) is 6.90. The molecule has 0 spiro atoms. The third-order valence-electron chi connectivity index (χ3n) is 4.75. The molecule has 1 aliphatic rings. The van der Waals surface area contributed by atoms with Crippen molar-refractivity contribution in [3.8, 4) is 0 Å². The van der Waals surface area contributed by atoms with Crippen LogP contribution in [0, 0.1) is 5.92 Å². The zero-order chi connectivity index (χ0) is 19.3. The van der Waals surface area contributed by atoms with Gasteiger partial charge in [0.1, 0.15) is 0 Å². The topological polar surface area (TPSA) is 80.1 Å². The third kappa shape index (κ3) is 4.25. The fourth-order valence-corrected chi connectivity index (χ4v) is 3.32. The lowest BCUT2D eigenvalue weighted by Crippen LogP contribution is -2.28. The number of benzene rings is 1. The van der Waals surface area contributed by atoms with Gasteiger partial charge in [0, 0.05) is 25.4 Å². The Morgan fingerprint density at radius 1 is 1.11 bits per heavy atom. The Balaban J connectivity index is 1.33. The summed E-state index contributed by atoms with van der Waals surface area (Å²) in [5, 5.41) is 7.17. The number of nitrogens with zero attached hydrogens (tertiary/aromatic N) is 4. The summed E-state index contributed by atoms with van der Waals surface area (Å²) < 4.78 is 1.78. The quantitative estimate of drug-likeness (QED) is 0.717. The predicted molar refractivity (Wildman–Crippen MR) is 104 cm³/mol. The normalized spacial score (nSPS) is 16.4. The van der Waals surface area contributed by atoms with Crippen molar-refractivity contribution in [1.29, 1.82) is 0 Å². The molecule has 1 N–H and O–H groups in total. The Kier molecular flexibility index (Phi) is 5.14. The van der Waals surface area contributed by atoms with Crippen molar-refractivity contribution in [2.75, 3.05) is 11.9 Å². The van der Waals surface area contributed by atoms with Gasteiger partial charge in [-0.15, -0.1) is 0 Å². The molecule has 0 saturated carbocycles. The van der Waals surface area contributed by atoms with Crippen molar-refractivity contribution >= 4 is 17.5 Å². The minimum absolute atomic E-state index is 0.0226. The number of carbonyl (C=O) groups is 2. The number of pyridine rings is 1. The van der Waals surface area contributed by atoms with E-state index in [1.54, 1.807) is 28.2 Å². The molecule has 1 aliphatic heterocycles. The van der Waals surface area contributed by atoms with Crippen molar-refractivity contribution in [2.45, 2.75) is 19.5 Å². The van der Waals surface area contributed by atoms with Gasteiger partial charge in [-0.2, -0.15) is 5.10 Å². The number of hydrogen-bond acceptors (Lipinski definition) is 4. The molecule has 1 aromatic carbocycles. The zero-order valence-corrected chi connectivity index (χ0v) is 15.4. The van der Waals surface area contributed by atoms with Crippen molar-refractivity contribution in [3.05, 3.63) is 78.4 Å². The van der Waals surface area contributed by atoms with E-state index in [0.717, 1.165) is 11.3 Å². The maximum absolute atomic E-state index is 12.6. The van der Waals surface area contributed by atoms with E-state index < -0.39 is 0 Å². The Labute approximate surface area is 163 Å². The van der Waals surface area contributed by atoms with E-state index in [-0.39, 0.29) is 24.2 Å². The smallest absolute Gasteiger partial charge is 0.229 e. The number of aromatic nitrogens is 3. The molecular formula is C21H21N5O2. The molecule has 0 bridgehead atoms. The predicted octanol–water partition coefficient (Wildman–Crippen LogP) is 2.31. The second kappa shape index (κ2) is 8.04. The highest BCUT2D eigenvalue weighted by molar-refractivity contribution is 5.97. The second-order valence-corrected chi connectivity index (χ2v) is 6.90. The summed E-state index contributed by atoms with van der Waals surface area (Å²) in [7, 11) is 0. The molecule has 3 aromatic rings. The third-order valence-corrected chi connectivity index (χ3v) is 4.75. The summed E-state index contributed by atoms with van der Waals surface area (Å²) in [4.78, 5) is 30.8. The number of carbonyl (C=O) groups excluding carboxylic acids is 2. The van der Waals surface area contributed by atoms with Crippen LogP contribution in [-0.4, -0.2) is 38.0 Å². The molecule has 0 radical (unpaired) electrons. The van der Waals surface area contributed by atoms with Crippen LogP contribution in [0.25, 0.3) is 0 Å². The first-order valence-corrected chi connectivity index (χ1v) is 9.22. The van der Waals surface area contributed by atoms with Crippen molar-refractivity contribution in [3.63, 3.8) is 0 Å². The average molecular weight is 375 g/mol. The minimum atomic E-state index is -0.367. The standard InChI is InChI=1S/C21H21N5O2/c27-20-10-17(13-25(20)14-18-8-4-5-9-22-18)21(28)24-19-11-23-26(15-19)12-16-6-2-1-3-7-16/h1-9,11,15,17H,10,12-14H2,(H,24,28). The lowest BCUT2D eigenvalue weighted by atomic mass is 10.1. The number of rotatable bonds is 6. The van der Waals surface area contributed by atoms with Crippen LogP contribution in [0.15, 0.2) is 67.1 Å². The van der Waals surface area contributed by atoms with E-state index in [2.05, 4.69) is 15.4 Å². The maximum atomic E-state index is 12.6. The number of amides is 2. The Morgan fingerprint density at radius 2 is 1.93 bits per heavy atom. The molecule has 7 nitrogen and oxygen atoms in total. The molecule has 7 heteroatoms. The minimum Gasteiger partial charge on any atom is -0.336 e. The van der Waals surface area contributed by atoms with Gasteiger partial charge in [-0.25, -0.2) is 0 Å². The highest BCUT2D eigenvalue weighted by atomic mass is 16.2. The molecule has 1 saturated heterocycles. The highest BCUT2D eigenvalue weighted by Crippen LogP contribution is 2.21. The van der Waals surface area contributed by atoms with Gasteiger partial charge in [0.2, 0.25) is 11.8 Å². The first kappa shape index (κ1) is 17.9. The van der Waals surface area contributed by atoms with Crippen LogP contribution in [0.1, 0.15) is 17.7 Å². The molecule has 3 heterocycles. The molecule has 1 unspecified atom stereocenters. The number of nitrogens with one attached hydrogen (secondary N) is 1. The lowest BCUT2D eigenvalue weighted by Gasteiger charge is -2.15. The summed E-state index contributed by atoms with van der Waals surface area (Å²) in [6, 6.07) is 15.6. The molecular weight excluding hydrogens is 354 g/mol. The number of anilines is 1. The van der Waals surface area contributed by atoms with Crippen LogP contribution in [0.3, 0.4) is 0 Å². The van der Waals surface area contributed by atoms with E-state index in [1.165, 1.54) is 0 Å². The lowest BCUT2D eigenvalue weighted by molar-refractivity contribution is -0.128. The van der Waals surface area contributed by atoms with Crippen molar-refractivity contribution in [1.82, 2.24) is 19.7 Å². The molecule has 4 rings (SSSR count). The molecule has 1 fully saturated rings. The van der Waals surface area contributed by atoms with Gasteiger partial charge in [0.15, 0.2) is 0 Å². The number of hydrogen-bond donors (Lipinski definition) is 1. The SMILES string of the molecule is O=C(Nc1cnn(Cc2ccccc2)c1)C1CC(=O)N(Cc2ccccn2)C1. The van der Waals surface area contributed by atoms with Crippen molar-refractivity contribution < 1.29 is 9.59 Å². The maximum Gasteiger partial charge on any atom is 0.229 e. The fourth-order valence-electron chi connectivity index (χ4n) is 3.32. The first-order chi connectivity index (χ1) is 13.7. The van der Waals surface area contributed by atoms with E-state index in [0.29, 0.717) is 25.3 Å². The van der Waals surface area contributed by atoms with Gasteiger partial charge in [-0.3, -0.25) is 19.3 Å². The molecule has 0 aliphatic carbocycles. The van der Waals surface area contributed by atoms with Crippen LogP contribution in [0.2, 0.25) is 0 Å². The molecule has 28 heavy (non-hydrogen) atoms. The van der Waals surface area contributed by atoms with Crippen LogP contribution in [-0.2, 0) is 22.7 Å². The molecule has 1 atom stereocenters. The van der Waals surface area contributed by atoms with Gasteiger partial charge < -0.3 is 10.2 Å². The summed E-state index contributed by atoms with van der Waals surface area (Å²) in [6.07, 6.45) is 5.35. The molecule has 142 valence electrons. The summed E-state index contributed by atoms with van der Waals surface area (Å²) >= 11 is 0. The van der Waals surface area contributed by atoms with Crippen LogP contribution >= 0.6 is 0 Å². The van der Waals surface area contributed by atoms with E-state index in [4.69, 9.17) is 0 Å². The van der Waals surface area contributed by atoms with Gasteiger partial charge in [0.25, 0.3) is 0 Å². The zero-order valence-electron chi connectivity index (χ0n) is 15.4.